The number of carboxylic acids is 1. The standard InChI is InChI=1S/C12H10O3S/c13-10(14)6-9-7-16-12(11(9)15)8-4-2-1-3-5-8/h1-5,7,15H,6H2,(H,13,14). The molecule has 2 N–H and O–H groups in total. The molecule has 1 heterocycles. The second-order valence-corrected chi connectivity index (χ2v) is 4.25. The van der Waals surface area contributed by atoms with E-state index >= 15 is 0 Å². The molecule has 0 unspecified atom stereocenters. The van der Waals surface area contributed by atoms with Crippen molar-refractivity contribution in [2.45, 2.75) is 6.42 Å². The van der Waals surface area contributed by atoms with Crippen LogP contribution in [0.15, 0.2) is 35.7 Å². The van der Waals surface area contributed by atoms with E-state index in [9.17, 15) is 9.90 Å². The van der Waals surface area contributed by atoms with Gasteiger partial charge in [-0.1, -0.05) is 30.3 Å². The number of hydrogen-bond donors (Lipinski definition) is 2. The highest BCUT2D eigenvalue weighted by atomic mass is 32.1. The van der Waals surface area contributed by atoms with Crippen LogP contribution in [-0.4, -0.2) is 16.2 Å². The van der Waals surface area contributed by atoms with Gasteiger partial charge in [-0.2, -0.15) is 0 Å². The van der Waals surface area contributed by atoms with E-state index in [4.69, 9.17) is 5.11 Å². The van der Waals surface area contributed by atoms with E-state index in [1.807, 2.05) is 30.3 Å². The number of aliphatic carboxylic acids is 1. The highest BCUT2D eigenvalue weighted by Gasteiger charge is 2.14. The third-order valence-corrected chi connectivity index (χ3v) is 3.28. The largest absolute Gasteiger partial charge is 0.506 e. The fraction of sp³-hybridized carbons (Fsp3) is 0.0833. The summed E-state index contributed by atoms with van der Waals surface area (Å²) in [6.07, 6.45) is -0.144. The first-order valence-corrected chi connectivity index (χ1v) is 5.63. The maximum atomic E-state index is 10.6. The van der Waals surface area contributed by atoms with Crippen LogP contribution in [0.2, 0.25) is 0 Å². The Morgan fingerprint density at radius 2 is 1.94 bits per heavy atom. The van der Waals surface area contributed by atoms with Gasteiger partial charge in [0.05, 0.1) is 11.3 Å². The molecule has 0 saturated carbocycles. The predicted molar refractivity (Wildman–Crippen MR) is 62.8 cm³/mol. The predicted octanol–water partition coefficient (Wildman–Crippen LogP) is 2.75. The topological polar surface area (TPSA) is 57.5 Å². The minimum Gasteiger partial charge on any atom is -0.506 e. The molecule has 1 aromatic heterocycles. The van der Waals surface area contributed by atoms with Gasteiger partial charge in [0.15, 0.2) is 0 Å². The molecule has 1 aromatic carbocycles. The van der Waals surface area contributed by atoms with Crippen LogP contribution in [0.25, 0.3) is 10.4 Å². The summed E-state index contributed by atoms with van der Waals surface area (Å²) in [5.41, 5.74) is 1.37. The maximum Gasteiger partial charge on any atom is 0.307 e. The van der Waals surface area contributed by atoms with E-state index < -0.39 is 5.97 Å². The molecule has 0 amide bonds. The van der Waals surface area contributed by atoms with Crippen LogP contribution in [0.3, 0.4) is 0 Å². The zero-order valence-electron chi connectivity index (χ0n) is 8.38. The Kier molecular flexibility index (Phi) is 2.92. The molecule has 0 aliphatic heterocycles. The van der Waals surface area contributed by atoms with Crippen molar-refractivity contribution >= 4 is 17.3 Å². The molecular weight excluding hydrogens is 224 g/mol. The van der Waals surface area contributed by atoms with E-state index in [0.717, 1.165) is 10.4 Å². The van der Waals surface area contributed by atoms with Crippen LogP contribution in [0.5, 0.6) is 5.75 Å². The molecule has 0 fully saturated rings. The van der Waals surface area contributed by atoms with Gasteiger partial charge < -0.3 is 10.2 Å². The second kappa shape index (κ2) is 4.37. The normalized spacial score (nSPS) is 10.2. The van der Waals surface area contributed by atoms with E-state index in [-0.39, 0.29) is 12.2 Å². The molecule has 16 heavy (non-hydrogen) atoms. The second-order valence-electron chi connectivity index (χ2n) is 3.38. The van der Waals surface area contributed by atoms with Crippen molar-refractivity contribution in [2.24, 2.45) is 0 Å². The van der Waals surface area contributed by atoms with Gasteiger partial charge in [-0.05, 0) is 10.9 Å². The Bertz CT molecular complexity index is 502. The van der Waals surface area contributed by atoms with Gasteiger partial charge in [0.1, 0.15) is 5.75 Å². The lowest BCUT2D eigenvalue weighted by Crippen LogP contribution is -1.98. The Labute approximate surface area is 96.6 Å². The lowest BCUT2D eigenvalue weighted by atomic mass is 10.1. The smallest absolute Gasteiger partial charge is 0.307 e. The van der Waals surface area contributed by atoms with Gasteiger partial charge in [-0.15, -0.1) is 11.3 Å². The molecule has 0 saturated heterocycles. The van der Waals surface area contributed by atoms with Crippen molar-refractivity contribution in [2.75, 3.05) is 0 Å². The van der Waals surface area contributed by atoms with Crippen LogP contribution in [0, 0.1) is 0 Å². The van der Waals surface area contributed by atoms with Gasteiger partial charge >= 0.3 is 5.97 Å². The fourth-order valence-electron chi connectivity index (χ4n) is 1.47. The Morgan fingerprint density at radius 3 is 2.56 bits per heavy atom. The Balaban J connectivity index is 2.37. The molecule has 0 aliphatic rings. The third-order valence-electron chi connectivity index (χ3n) is 2.22. The molecule has 0 radical (unpaired) electrons. The highest BCUT2D eigenvalue weighted by molar-refractivity contribution is 7.14. The van der Waals surface area contributed by atoms with Gasteiger partial charge in [-0.3, -0.25) is 4.79 Å². The number of rotatable bonds is 3. The number of carboxylic acid groups (broad SMARTS) is 1. The molecule has 2 rings (SSSR count). The summed E-state index contributed by atoms with van der Waals surface area (Å²) in [6.45, 7) is 0. The van der Waals surface area contributed by atoms with E-state index in [1.165, 1.54) is 11.3 Å². The molecule has 0 atom stereocenters. The number of carbonyl (C=O) groups is 1. The molecule has 0 aliphatic carbocycles. The van der Waals surface area contributed by atoms with Crippen LogP contribution >= 0.6 is 11.3 Å². The van der Waals surface area contributed by atoms with Crippen molar-refractivity contribution in [3.8, 4) is 16.2 Å². The summed E-state index contributed by atoms with van der Waals surface area (Å²) in [7, 11) is 0. The summed E-state index contributed by atoms with van der Waals surface area (Å²) in [4.78, 5) is 11.3. The first-order valence-electron chi connectivity index (χ1n) is 4.75. The van der Waals surface area contributed by atoms with Gasteiger partial charge in [0.25, 0.3) is 0 Å². The quantitative estimate of drug-likeness (QED) is 0.858. The SMILES string of the molecule is O=C(O)Cc1csc(-c2ccccc2)c1O. The maximum absolute atomic E-state index is 10.6. The average molecular weight is 234 g/mol. The summed E-state index contributed by atoms with van der Waals surface area (Å²) >= 11 is 1.36. The lowest BCUT2D eigenvalue weighted by molar-refractivity contribution is -0.136. The van der Waals surface area contributed by atoms with Crippen LogP contribution in [0.4, 0.5) is 0 Å². The lowest BCUT2D eigenvalue weighted by Gasteiger charge is -1.99. The van der Waals surface area contributed by atoms with Crippen molar-refractivity contribution in [3.05, 3.63) is 41.3 Å². The highest BCUT2D eigenvalue weighted by Crippen LogP contribution is 2.38. The molecule has 3 nitrogen and oxygen atoms in total. The van der Waals surface area contributed by atoms with Gasteiger partial charge in [-0.25, -0.2) is 0 Å². The summed E-state index contributed by atoms with van der Waals surface area (Å²) in [5.74, 6) is -0.855. The third kappa shape index (κ3) is 2.06. The summed E-state index contributed by atoms with van der Waals surface area (Å²) in [5, 5.41) is 20.2. The van der Waals surface area contributed by atoms with E-state index in [1.54, 1.807) is 5.38 Å². The average Bonchev–Trinajstić information content (AvgIpc) is 2.61. The zero-order chi connectivity index (χ0) is 11.5. The number of benzene rings is 1. The number of hydrogen-bond acceptors (Lipinski definition) is 3. The van der Waals surface area contributed by atoms with E-state index in [2.05, 4.69) is 0 Å². The minimum absolute atomic E-state index is 0.0820. The van der Waals surface area contributed by atoms with Crippen LogP contribution in [-0.2, 0) is 11.2 Å². The first kappa shape index (κ1) is 10.7. The fourth-order valence-corrected chi connectivity index (χ4v) is 2.44. The first-order chi connectivity index (χ1) is 7.68. The van der Waals surface area contributed by atoms with Crippen molar-refractivity contribution in [1.29, 1.82) is 0 Å². The molecule has 4 heteroatoms. The van der Waals surface area contributed by atoms with Crippen molar-refractivity contribution in [3.63, 3.8) is 0 Å². The van der Waals surface area contributed by atoms with E-state index in [0.29, 0.717) is 5.56 Å². The minimum atomic E-state index is -0.937. The van der Waals surface area contributed by atoms with Gasteiger partial charge in [0.2, 0.25) is 0 Å². The summed E-state index contributed by atoms with van der Waals surface area (Å²) in [6, 6.07) is 9.43. The molecule has 82 valence electrons. The van der Waals surface area contributed by atoms with Crippen molar-refractivity contribution in [1.82, 2.24) is 0 Å². The molecule has 0 bridgehead atoms. The monoisotopic (exact) mass is 234 g/mol. The zero-order valence-corrected chi connectivity index (χ0v) is 9.20. The molecule has 2 aromatic rings. The van der Waals surface area contributed by atoms with Gasteiger partial charge in [0, 0.05) is 5.56 Å². The summed E-state index contributed by atoms with van der Waals surface area (Å²) < 4.78 is 0. The Hall–Kier alpha value is -1.81. The number of thiophene rings is 1. The Morgan fingerprint density at radius 1 is 1.25 bits per heavy atom. The van der Waals surface area contributed by atoms with Crippen LogP contribution < -0.4 is 0 Å². The molecule has 0 spiro atoms. The van der Waals surface area contributed by atoms with Crippen molar-refractivity contribution < 1.29 is 15.0 Å². The van der Waals surface area contributed by atoms with Crippen LogP contribution in [0.1, 0.15) is 5.56 Å². The molecular formula is C12H10O3S. The number of aromatic hydroxyl groups is 1.